The molecule has 1 amide bonds. The summed E-state index contributed by atoms with van der Waals surface area (Å²) in [6.07, 6.45) is 0. The first-order valence-corrected chi connectivity index (χ1v) is 10.8. The number of rotatable bonds is 6. The molecule has 1 atom stereocenters. The monoisotopic (exact) mass is 436 g/mol. The van der Waals surface area contributed by atoms with E-state index in [1.54, 1.807) is 30.2 Å². The van der Waals surface area contributed by atoms with E-state index in [-0.39, 0.29) is 11.3 Å². The molecule has 0 radical (unpaired) electrons. The molecule has 168 valence electrons. The van der Waals surface area contributed by atoms with E-state index in [4.69, 9.17) is 9.47 Å². The number of ether oxygens (including phenoxy) is 2. The highest BCUT2D eigenvalue weighted by molar-refractivity contribution is 6.46. The minimum Gasteiger partial charge on any atom is -0.507 e. The lowest BCUT2D eigenvalue weighted by molar-refractivity contribution is -0.140. The molecule has 1 N–H and O–H groups in total. The number of carbonyl (C=O) groups excluding carboxylic acids is 2. The van der Waals surface area contributed by atoms with E-state index in [0.717, 1.165) is 24.2 Å². The number of methoxy groups -OCH3 is 1. The summed E-state index contributed by atoms with van der Waals surface area (Å²) >= 11 is 0. The zero-order valence-electron chi connectivity index (χ0n) is 18.4. The largest absolute Gasteiger partial charge is 0.507 e. The van der Waals surface area contributed by atoms with Gasteiger partial charge in [-0.3, -0.25) is 14.5 Å². The standard InChI is InChI=1S/C25H28N2O5/c1-17-16-19(31-2)8-9-20(17)23(28)21-22(18-6-4-3-5-7-18)27(25(30)24(21)29)11-10-26-12-14-32-15-13-26/h3-9,16,22,28H,10-15H2,1-2H3/t22-/m1/s1. The Morgan fingerprint density at radius 3 is 2.47 bits per heavy atom. The molecule has 7 heteroatoms. The molecule has 4 rings (SSSR count). The van der Waals surface area contributed by atoms with Crippen molar-refractivity contribution in [1.82, 2.24) is 9.80 Å². The van der Waals surface area contributed by atoms with Crippen molar-refractivity contribution in [2.45, 2.75) is 13.0 Å². The van der Waals surface area contributed by atoms with E-state index >= 15 is 0 Å². The van der Waals surface area contributed by atoms with Gasteiger partial charge in [0.1, 0.15) is 11.5 Å². The molecule has 2 aliphatic rings. The van der Waals surface area contributed by atoms with E-state index < -0.39 is 17.7 Å². The quantitative estimate of drug-likeness (QED) is 0.426. The van der Waals surface area contributed by atoms with Gasteiger partial charge in [-0.15, -0.1) is 0 Å². The van der Waals surface area contributed by atoms with E-state index in [9.17, 15) is 14.7 Å². The minimum atomic E-state index is -0.659. The molecule has 2 aromatic carbocycles. The van der Waals surface area contributed by atoms with Gasteiger partial charge in [-0.2, -0.15) is 0 Å². The van der Waals surface area contributed by atoms with Gasteiger partial charge in [0.15, 0.2) is 0 Å². The fourth-order valence-corrected chi connectivity index (χ4v) is 4.34. The van der Waals surface area contributed by atoms with Crippen molar-refractivity contribution < 1.29 is 24.2 Å². The normalized spacial score (nSPS) is 21.2. The molecule has 0 unspecified atom stereocenters. The van der Waals surface area contributed by atoms with Crippen LogP contribution in [0.5, 0.6) is 5.75 Å². The lowest BCUT2D eigenvalue weighted by atomic mass is 9.94. The Kier molecular flexibility index (Phi) is 6.58. The minimum absolute atomic E-state index is 0.122. The second-order valence-corrected chi connectivity index (χ2v) is 8.04. The van der Waals surface area contributed by atoms with Gasteiger partial charge in [0, 0.05) is 31.7 Å². The maximum absolute atomic E-state index is 13.1. The number of hydrogen-bond donors (Lipinski definition) is 1. The predicted octanol–water partition coefficient (Wildman–Crippen LogP) is 2.76. The van der Waals surface area contributed by atoms with E-state index in [2.05, 4.69) is 4.90 Å². The summed E-state index contributed by atoms with van der Waals surface area (Å²) in [4.78, 5) is 30.0. The molecule has 2 aromatic rings. The number of Topliss-reactive ketones (excluding diaryl/α,β-unsaturated/α-hetero) is 1. The number of likely N-dealkylation sites (tertiary alicyclic amines) is 1. The van der Waals surface area contributed by atoms with Gasteiger partial charge in [0.2, 0.25) is 0 Å². The second-order valence-electron chi connectivity index (χ2n) is 8.04. The molecular formula is C25H28N2O5. The molecule has 7 nitrogen and oxygen atoms in total. The average molecular weight is 437 g/mol. The third-order valence-corrected chi connectivity index (χ3v) is 6.10. The Hall–Kier alpha value is -3.16. The summed E-state index contributed by atoms with van der Waals surface area (Å²) in [6.45, 7) is 5.79. The van der Waals surface area contributed by atoms with Crippen molar-refractivity contribution in [2.24, 2.45) is 0 Å². The molecule has 0 spiro atoms. The van der Waals surface area contributed by atoms with E-state index in [0.29, 0.717) is 37.6 Å². The first-order valence-electron chi connectivity index (χ1n) is 10.8. The van der Waals surface area contributed by atoms with Crippen molar-refractivity contribution >= 4 is 17.4 Å². The average Bonchev–Trinajstić information content (AvgIpc) is 3.08. The van der Waals surface area contributed by atoms with Crippen LogP contribution in [0.2, 0.25) is 0 Å². The Balaban J connectivity index is 1.73. The van der Waals surface area contributed by atoms with Gasteiger partial charge in [-0.1, -0.05) is 30.3 Å². The number of aliphatic hydroxyl groups is 1. The van der Waals surface area contributed by atoms with E-state index in [1.165, 1.54) is 0 Å². The van der Waals surface area contributed by atoms with Crippen LogP contribution >= 0.6 is 0 Å². The molecule has 2 heterocycles. The number of nitrogens with zero attached hydrogens (tertiary/aromatic N) is 2. The van der Waals surface area contributed by atoms with Crippen LogP contribution in [0.3, 0.4) is 0 Å². The number of hydrogen-bond acceptors (Lipinski definition) is 6. The van der Waals surface area contributed by atoms with Crippen LogP contribution in [-0.4, -0.2) is 73.1 Å². The highest BCUT2D eigenvalue weighted by Crippen LogP contribution is 2.40. The van der Waals surface area contributed by atoms with Crippen LogP contribution in [0.4, 0.5) is 0 Å². The first kappa shape index (κ1) is 22.0. The number of amides is 1. The Labute approximate surface area is 187 Å². The molecule has 2 aliphatic heterocycles. The maximum atomic E-state index is 13.1. The smallest absolute Gasteiger partial charge is 0.295 e. The highest BCUT2D eigenvalue weighted by Gasteiger charge is 2.46. The lowest BCUT2D eigenvalue weighted by Crippen LogP contribution is -2.42. The van der Waals surface area contributed by atoms with Crippen molar-refractivity contribution in [3.05, 3.63) is 70.8 Å². The molecular weight excluding hydrogens is 408 g/mol. The maximum Gasteiger partial charge on any atom is 0.295 e. The predicted molar refractivity (Wildman–Crippen MR) is 120 cm³/mol. The summed E-state index contributed by atoms with van der Waals surface area (Å²) in [5.74, 6) is -0.746. The molecule has 0 aliphatic carbocycles. The zero-order valence-corrected chi connectivity index (χ0v) is 18.4. The molecule has 2 fully saturated rings. The van der Waals surface area contributed by atoms with Crippen LogP contribution in [0.15, 0.2) is 54.1 Å². The van der Waals surface area contributed by atoms with Crippen LogP contribution < -0.4 is 4.74 Å². The number of ketones is 1. The topological polar surface area (TPSA) is 79.3 Å². The molecule has 2 saturated heterocycles. The summed E-state index contributed by atoms with van der Waals surface area (Å²) in [5, 5.41) is 11.2. The van der Waals surface area contributed by atoms with Crippen molar-refractivity contribution in [3.8, 4) is 5.75 Å². The van der Waals surface area contributed by atoms with Crippen LogP contribution in [0.1, 0.15) is 22.7 Å². The number of carbonyl (C=O) groups is 2. The van der Waals surface area contributed by atoms with Gasteiger partial charge in [0.05, 0.1) is 31.9 Å². The van der Waals surface area contributed by atoms with Gasteiger partial charge in [0.25, 0.3) is 11.7 Å². The third-order valence-electron chi connectivity index (χ3n) is 6.10. The fourth-order valence-electron chi connectivity index (χ4n) is 4.34. The van der Waals surface area contributed by atoms with Gasteiger partial charge in [-0.05, 0) is 36.2 Å². The highest BCUT2D eigenvalue weighted by atomic mass is 16.5. The second kappa shape index (κ2) is 9.54. The Morgan fingerprint density at radius 1 is 1.09 bits per heavy atom. The van der Waals surface area contributed by atoms with Gasteiger partial charge < -0.3 is 19.5 Å². The van der Waals surface area contributed by atoms with Gasteiger partial charge >= 0.3 is 0 Å². The molecule has 0 bridgehead atoms. The van der Waals surface area contributed by atoms with E-state index in [1.807, 2.05) is 37.3 Å². The van der Waals surface area contributed by atoms with Crippen LogP contribution in [-0.2, 0) is 14.3 Å². The zero-order chi connectivity index (χ0) is 22.7. The summed E-state index contributed by atoms with van der Waals surface area (Å²) in [5.41, 5.74) is 2.18. The third kappa shape index (κ3) is 4.26. The number of morpholine rings is 1. The molecule has 32 heavy (non-hydrogen) atoms. The number of benzene rings is 2. The number of aryl methyl sites for hydroxylation is 1. The summed E-state index contributed by atoms with van der Waals surface area (Å²) in [6, 6.07) is 14.0. The number of aliphatic hydroxyl groups excluding tert-OH is 1. The fraction of sp³-hybridized carbons (Fsp3) is 0.360. The molecule has 0 saturated carbocycles. The molecule has 0 aromatic heterocycles. The summed E-state index contributed by atoms with van der Waals surface area (Å²) < 4.78 is 10.6. The van der Waals surface area contributed by atoms with Crippen LogP contribution in [0, 0.1) is 6.92 Å². The Bertz CT molecular complexity index is 1030. The first-order chi connectivity index (χ1) is 15.5. The SMILES string of the molecule is COc1ccc(C(O)=C2C(=O)C(=O)N(CCN3CCOCC3)[C@@H]2c2ccccc2)c(C)c1. The van der Waals surface area contributed by atoms with Gasteiger partial charge in [-0.25, -0.2) is 0 Å². The lowest BCUT2D eigenvalue weighted by Gasteiger charge is -2.31. The van der Waals surface area contributed by atoms with Crippen molar-refractivity contribution in [1.29, 1.82) is 0 Å². The summed E-state index contributed by atoms with van der Waals surface area (Å²) in [7, 11) is 1.57. The van der Waals surface area contributed by atoms with Crippen molar-refractivity contribution in [3.63, 3.8) is 0 Å². The van der Waals surface area contributed by atoms with Crippen LogP contribution in [0.25, 0.3) is 5.76 Å². The Morgan fingerprint density at radius 2 is 1.81 bits per heavy atom. The van der Waals surface area contributed by atoms with Crippen molar-refractivity contribution in [2.75, 3.05) is 46.5 Å².